The molecule has 0 aliphatic carbocycles. The molecule has 2 nitrogen and oxygen atoms in total. The molecule has 0 aromatic carbocycles. The van der Waals surface area contributed by atoms with Gasteiger partial charge in [0.2, 0.25) is 0 Å². The fourth-order valence-electron chi connectivity index (χ4n) is 1.85. The number of halogens is 1. The van der Waals surface area contributed by atoms with Crippen LogP contribution in [-0.2, 0) is 9.47 Å². The van der Waals surface area contributed by atoms with Crippen molar-refractivity contribution in [2.75, 3.05) is 6.61 Å². The Hall–Kier alpha value is 0.390. The van der Waals surface area contributed by atoms with Crippen molar-refractivity contribution in [1.29, 1.82) is 0 Å². The molecule has 1 aliphatic rings. The first kappa shape index (κ1) is 14.5. The van der Waals surface area contributed by atoms with Crippen LogP contribution in [0.1, 0.15) is 45.4 Å². The molecule has 0 N–H and O–H groups in total. The van der Waals surface area contributed by atoms with Crippen LogP contribution in [0.5, 0.6) is 0 Å². The van der Waals surface area contributed by atoms with Gasteiger partial charge in [-0.2, -0.15) is 0 Å². The van der Waals surface area contributed by atoms with E-state index in [1.807, 2.05) is 6.08 Å². The lowest BCUT2D eigenvalue weighted by Gasteiger charge is -2.30. The Kier molecular flexibility index (Phi) is 7.66. The van der Waals surface area contributed by atoms with Gasteiger partial charge in [0, 0.05) is 6.61 Å². The predicted molar refractivity (Wildman–Crippen MR) is 76.0 cm³/mol. The van der Waals surface area contributed by atoms with Crippen molar-refractivity contribution in [2.45, 2.75) is 61.8 Å². The molecule has 0 bridgehead atoms. The maximum Gasteiger partial charge on any atom is 0.170 e. The number of hydrogen-bond donors (Lipinski definition) is 0. The van der Waals surface area contributed by atoms with Gasteiger partial charge in [-0.25, -0.2) is 0 Å². The summed E-state index contributed by atoms with van der Waals surface area (Å²) in [4.78, 5) is 0. The second-order valence-electron chi connectivity index (χ2n) is 4.30. The third-order valence-corrected chi connectivity index (χ3v) is 4.08. The molecule has 0 radical (unpaired) electrons. The fraction of sp³-hybridized carbons (Fsp3) is 0.846. The smallest absolute Gasteiger partial charge is 0.170 e. The van der Waals surface area contributed by atoms with Gasteiger partial charge in [0.05, 0.1) is 10.0 Å². The van der Waals surface area contributed by atoms with E-state index in [1.165, 1.54) is 25.7 Å². The van der Waals surface area contributed by atoms with Crippen LogP contribution >= 0.6 is 22.6 Å². The van der Waals surface area contributed by atoms with Crippen LogP contribution < -0.4 is 0 Å². The highest BCUT2D eigenvalue weighted by Gasteiger charge is 2.26. The normalized spacial score (nSPS) is 27.6. The van der Waals surface area contributed by atoms with Crippen molar-refractivity contribution in [2.24, 2.45) is 0 Å². The van der Waals surface area contributed by atoms with Gasteiger partial charge in [0.1, 0.15) is 0 Å². The number of hydrogen-bond acceptors (Lipinski definition) is 2. The van der Waals surface area contributed by atoms with Crippen molar-refractivity contribution in [3.05, 3.63) is 12.7 Å². The first-order chi connectivity index (χ1) is 7.77. The van der Waals surface area contributed by atoms with Crippen LogP contribution in [0.25, 0.3) is 0 Å². The molecule has 0 aromatic heterocycles. The van der Waals surface area contributed by atoms with Crippen molar-refractivity contribution < 1.29 is 9.47 Å². The molecular weight excluding hydrogens is 315 g/mol. The molecule has 3 heteroatoms. The van der Waals surface area contributed by atoms with E-state index in [9.17, 15) is 0 Å². The second kappa shape index (κ2) is 8.48. The zero-order valence-corrected chi connectivity index (χ0v) is 12.3. The molecule has 1 fully saturated rings. The maximum absolute atomic E-state index is 5.95. The van der Waals surface area contributed by atoms with E-state index in [4.69, 9.17) is 9.47 Å². The molecule has 0 saturated carbocycles. The zero-order chi connectivity index (χ0) is 11.8. The summed E-state index contributed by atoms with van der Waals surface area (Å²) in [6.45, 7) is 6.90. The molecule has 1 rings (SSSR count). The molecule has 0 spiro atoms. The van der Waals surface area contributed by atoms with Crippen LogP contribution in [0.3, 0.4) is 0 Å². The highest BCUT2D eigenvalue weighted by molar-refractivity contribution is 14.1. The highest BCUT2D eigenvalue weighted by Crippen LogP contribution is 2.24. The van der Waals surface area contributed by atoms with E-state index in [0.29, 0.717) is 3.92 Å². The van der Waals surface area contributed by atoms with Gasteiger partial charge >= 0.3 is 0 Å². The van der Waals surface area contributed by atoms with Gasteiger partial charge < -0.3 is 9.47 Å². The molecule has 3 atom stereocenters. The molecule has 94 valence electrons. The van der Waals surface area contributed by atoms with E-state index in [1.54, 1.807) is 0 Å². The number of unbranched alkanes of at least 4 members (excludes halogenated alkanes) is 2. The Labute approximate surface area is 113 Å². The van der Waals surface area contributed by atoms with E-state index in [-0.39, 0.29) is 12.4 Å². The van der Waals surface area contributed by atoms with Gasteiger partial charge in [0.15, 0.2) is 6.29 Å². The van der Waals surface area contributed by atoms with Gasteiger partial charge in [-0.05, 0) is 19.3 Å². The summed E-state index contributed by atoms with van der Waals surface area (Å²) in [7, 11) is 0. The molecule has 1 heterocycles. The minimum Gasteiger partial charge on any atom is -0.352 e. The lowest BCUT2D eigenvalue weighted by molar-refractivity contribution is -0.172. The molecule has 1 aliphatic heterocycles. The standard InChI is InChI=1S/C13H23IO2/c1-3-5-6-8-11(4-2)16-13-12(14)9-7-10-15-13/h4,11-13H,2-3,5-10H2,1H3/t11?,12-,13+/m0/s1. The molecule has 1 unspecified atom stereocenters. The van der Waals surface area contributed by atoms with E-state index in [2.05, 4.69) is 36.1 Å². The molecule has 0 amide bonds. The molecular formula is C13H23IO2. The topological polar surface area (TPSA) is 18.5 Å². The Bertz CT molecular complexity index is 196. The number of alkyl halides is 1. The quantitative estimate of drug-likeness (QED) is 0.301. The Balaban J connectivity index is 2.27. The lowest BCUT2D eigenvalue weighted by Crippen LogP contribution is -2.35. The average Bonchev–Trinajstić information content (AvgIpc) is 2.30. The second-order valence-corrected chi connectivity index (χ2v) is 5.90. The van der Waals surface area contributed by atoms with Gasteiger partial charge in [-0.15, -0.1) is 6.58 Å². The van der Waals surface area contributed by atoms with Gasteiger partial charge in [0.25, 0.3) is 0 Å². The summed E-state index contributed by atoms with van der Waals surface area (Å²) >= 11 is 2.43. The zero-order valence-electron chi connectivity index (χ0n) is 10.2. The predicted octanol–water partition coefficient (Wildman–Crippen LogP) is 4.08. The van der Waals surface area contributed by atoms with Crippen molar-refractivity contribution in [3.63, 3.8) is 0 Å². The van der Waals surface area contributed by atoms with Gasteiger partial charge in [-0.1, -0.05) is 54.9 Å². The van der Waals surface area contributed by atoms with Crippen LogP contribution in [0.4, 0.5) is 0 Å². The van der Waals surface area contributed by atoms with Crippen LogP contribution in [0, 0.1) is 0 Å². The third-order valence-electron chi connectivity index (χ3n) is 2.87. The summed E-state index contributed by atoms with van der Waals surface area (Å²) in [6.07, 6.45) is 9.20. The number of rotatable bonds is 7. The Morgan fingerprint density at radius 2 is 2.38 bits per heavy atom. The minimum atomic E-state index is -0.0287. The van der Waals surface area contributed by atoms with E-state index >= 15 is 0 Å². The highest BCUT2D eigenvalue weighted by atomic mass is 127. The van der Waals surface area contributed by atoms with E-state index in [0.717, 1.165) is 19.4 Å². The monoisotopic (exact) mass is 338 g/mol. The minimum absolute atomic E-state index is 0.0287. The maximum atomic E-state index is 5.95. The SMILES string of the molecule is C=CC(CCCCC)O[C@H]1OCCC[C@@H]1I. The summed E-state index contributed by atoms with van der Waals surface area (Å²) in [5, 5.41) is 0. The van der Waals surface area contributed by atoms with E-state index < -0.39 is 0 Å². The summed E-state index contributed by atoms with van der Waals surface area (Å²) in [5.41, 5.74) is 0. The third kappa shape index (κ3) is 5.15. The summed E-state index contributed by atoms with van der Waals surface area (Å²) in [5.74, 6) is 0. The molecule has 1 saturated heterocycles. The van der Waals surface area contributed by atoms with Crippen LogP contribution in [-0.4, -0.2) is 22.9 Å². The first-order valence-electron chi connectivity index (χ1n) is 6.31. The summed E-state index contributed by atoms with van der Waals surface area (Å²) < 4.78 is 12.1. The summed E-state index contributed by atoms with van der Waals surface area (Å²) in [6, 6.07) is 0. The Morgan fingerprint density at radius 1 is 1.56 bits per heavy atom. The first-order valence-corrected chi connectivity index (χ1v) is 7.56. The fourth-order valence-corrected chi connectivity index (χ4v) is 2.67. The van der Waals surface area contributed by atoms with Crippen molar-refractivity contribution >= 4 is 22.6 Å². The van der Waals surface area contributed by atoms with Crippen LogP contribution in [0.15, 0.2) is 12.7 Å². The average molecular weight is 338 g/mol. The molecule has 0 aromatic rings. The van der Waals surface area contributed by atoms with Crippen LogP contribution in [0.2, 0.25) is 0 Å². The number of ether oxygens (including phenoxy) is 2. The lowest BCUT2D eigenvalue weighted by atomic mass is 10.1. The largest absolute Gasteiger partial charge is 0.352 e. The van der Waals surface area contributed by atoms with Crippen molar-refractivity contribution in [3.8, 4) is 0 Å². The molecule has 16 heavy (non-hydrogen) atoms. The van der Waals surface area contributed by atoms with Crippen molar-refractivity contribution in [1.82, 2.24) is 0 Å². The van der Waals surface area contributed by atoms with Gasteiger partial charge in [-0.3, -0.25) is 0 Å². The Morgan fingerprint density at radius 3 is 3.00 bits per heavy atom.